The Labute approximate surface area is 131 Å². The number of nitrogens with two attached hydrogens (primary N) is 1. The number of pyridine rings is 1. The zero-order chi connectivity index (χ0) is 16.2. The van der Waals surface area contributed by atoms with Crippen LogP contribution in [0.1, 0.15) is 19.8 Å². The van der Waals surface area contributed by atoms with Crippen LogP contribution in [-0.4, -0.2) is 49.9 Å². The molecule has 0 radical (unpaired) electrons. The zero-order valence-corrected chi connectivity index (χ0v) is 13.4. The fourth-order valence-electron chi connectivity index (χ4n) is 2.69. The van der Waals surface area contributed by atoms with Crippen LogP contribution in [0.15, 0.2) is 29.4 Å². The quantitative estimate of drug-likeness (QED) is 0.762. The maximum Gasteiger partial charge on any atom is 0.242 e. The molecule has 1 fully saturated rings. The fourth-order valence-corrected chi connectivity index (χ4v) is 3.68. The summed E-state index contributed by atoms with van der Waals surface area (Å²) in [5.41, 5.74) is 5.64. The number of hydrogen-bond donors (Lipinski definition) is 2. The molecular weight excluding hydrogens is 304 g/mol. The van der Waals surface area contributed by atoms with E-state index in [2.05, 4.69) is 9.71 Å². The van der Waals surface area contributed by atoms with Crippen molar-refractivity contribution < 1.29 is 13.2 Å². The van der Waals surface area contributed by atoms with Gasteiger partial charge in [0.15, 0.2) is 0 Å². The number of hydrogen-bond acceptors (Lipinski definition) is 5. The van der Waals surface area contributed by atoms with E-state index in [1.165, 1.54) is 18.5 Å². The molecule has 0 bridgehead atoms. The molecule has 0 spiro atoms. The van der Waals surface area contributed by atoms with Gasteiger partial charge in [-0.05, 0) is 37.9 Å². The molecule has 2 heterocycles. The van der Waals surface area contributed by atoms with Gasteiger partial charge in [-0.25, -0.2) is 13.1 Å². The lowest BCUT2D eigenvalue weighted by Gasteiger charge is -2.21. The molecular formula is C14H22N4O3S. The number of sulfonamides is 1. The van der Waals surface area contributed by atoms with Gasteiger partial charge in [0.2, 0.25) is 15.9 Å². The molecule has 2 atom stereocenters. The summed E-state index contributed by atoms with van der Waals surface area (Å²) < 4.78 is 26.4. The maximum atomic E-state index is 12.2. The normalized spacial score (nSPS) is 22.0. The first kappa shape index (κ1) is 16.9. The SMILES string of the molecule is CC1CC(CN)CN1C(=O)CCNS(=O)(=O)c1cccnc1. The van der Waals surface area contributed by atoms with Gasteiger partial charge < -0.3 is 10.6 Å². The smallest absolute Gasteiger partial charge is 0.242 e. The van der Waals surface area contributed by atoms with Crippen molar-refractivity contribution in [2.24, 2.45) is 11.7 Å². The third-order valence-electron chi connectivity index (χ3n) is 3.89. The molecule has 0 saturated carbocycles. The molecule has 0 aromatic carbocycles. The molecule has 1 aliphatic heterocycles. The minimum atomic E-state index is -3.61. The third-order valence-corrected chi connectivity index (χ3v) is 5.34. The van der Waals surface area contributed by atoms with Gasteiger partial charge in [-0.1, -0.05) is 0 Å². The van der Waals surface area contributed by atoms with Crippen LogP contribution in [0.4, 0.5) is 0 Å². The minimum Gasteiger partial charge on any atom is -0.340 e. The van der Waals surface area contributed by atoms with Crippen molar-refractivity contribution in [2.75, 3.05) is 19.6 Å². The van der Waals surface area contributed by atoms with Crippen LogP contribution in [0.2, 0.25) is 0 Å². The molecule has 1 aromatic rings. The predicted octanol–water partition coefficient (Wildman–Crippen LogP) is -0.0543. The number of carbonyl (C=O) groups excluding carboxylic acids is 1. The van der Waals surface area contributed by atoms with E-state index >= 15 is 0 Å². The third kappa shape index (κ3) is 4.02. The summed E-state index contributed by atoms with van der Waals surface area (Å²) in [7, 11) is -3.61. The lowest BCUT2D eigenvalue weighted by atomic mass is 10.1. The Morgan fingerprint density at radius 3 is 2.91 bits per heavy atom. The van der Waals surface area contributed by atoms with E-state index in [9.17, 15) is 13.2 Å². The molecule has 1 aromatic heterocycles. The molecule has 122 valence electrons. The molecule has 1 amide bonds. The molecule has 1 aliphatic rings. The maximum absolute atomic E-state index is 12.2. The fraction of sp³-hybridized carbons (Fsp3) is 0.571. The Morgan fingerprint density at radius 1 is 1.55 bits per heavy atom. The summed E-state index contributed by atoms with van der Waals surface area (Å²) in [6.07, 6.45) is 3.83. The highest BCUT2D eigenvalue weighted by atomic mass is 32.2. The number of amides is 1. The monoisotopic (exact) mass is 326 g/mol. The van der Waals surface area contributed by atoms with Gasteiger partial charge in [0.1, 0.15) is 4.90 Å². The summed E-state index contributed by atoms with van der Waals surface area (Å²) in [5.74, 6) is 0.295. The van der Waals surface area contributed by atoms with E-state index in [-0.39, 0.29) is 29.8 Å². The summed E-state index contributed by atoms with van der Waals surface area (Å²) >= 11 is 0. The Kier molecular flexibility index (Phi) is 5.49. The van der Waals surface area contributed by atoms with Crippen molar-refractivity contribution in [1.82, 2.24) is 14.6 Å². The first-order valence-electron chi connectivity index (χ1n) is 7.33. The lowest BCUT2D eigenvalue weighted by Crippen LogP contribution is -2.37. The highest BCUT2D eigenvalue weighted by molar-refractivity contribution is 7.89. The highest BCUT2D eigenvalue weighted by Gasteiger charge is 2.31. The minimum absolute atomic E-state index is 0.0441. The van der Waals surface area contributed by atoms with Gasteiger partial charge in [0.05, 0.1) is 0 Å². The summed E-state index contributed by atoms with van der Waals surface area (Å²) in [4.78, 5) is 17.8. The summed E-state index contributed by atoms with van der Waals surface area (Å²) in [5, 5.41) is 0. The van der Waals surface area contributed by atoms with Gasteiger partial charge in [-0.2, -0.15) is 0 Å². The number of aromatic nitrogens is 1. The van der Waals surface area contributed by atoms with Crippen LogP contribution in [-0.2, 0) is 14.8 Å². The topological polar surface area (TPSA) is 105 Å². The van der Waals surface area contributed by atoms with E-state index in [4.69, 9.17) is 5.73 Å². The van der Waals surface area contributed by atoms with Crippen LogP contribution in [0.3, 0.4) is 0 Å². The van der Waals surface area contributed by atoms with Crippen molar-refractivity contribution in [3.63, 3.8) is 0 Å². The molecule has 22 heavy (non-hydrogen) atoms. The van der Waals surface area contributed by atoms with Gasteiger partial charge in [0, 0.05) is 37.9 Å². The van der Waals surface area contributed by atoms with E-state index in [1.807, 2.05) is 6.92 Å². The Balaban J connectivity index is 1.85. The first-order chi connectivity index (χ1) is 10.4. The van der Waals surface area contributed by atoms with Crippen LogP contribution < -0.4 is 10.5 Å². The molecule has 0 aliphatic carbocycles. The second-order valence-corrected chi connectivity index (χ2v) is 7.34. The number of likely N-dealkylation sites (tertiary alicyclic amines) is 1. The number of nitrogens with zero attached hydrogens (tertiary/aromatic N) is 2. The average Bonchev–Trinajstić information content (AvgIpc) is 2.89. The second-order valence-electron chi connectivity index (χ2n) is 5.57. The largest absolute Gasteiger partial charge is 0.340 e. The van der Waals surface area contributed by atoms with E-state index in [1.54, 1.807) is 11.0 Å². The van der Waals surface area contributed by atoms with E-state index in [0.29, 0.717) is 19.0 Å². The van der Waals surface area contributed by atoms with Crippen LogP contribution in [0, 0.1) is 5.92 Å². The van der Waals surface area contributed by atoms with Crippen molar-refractivity contribution in [3.05, 3.63) is 24.5 Å². The Bertz CT molecular complexity index is 606. The van der Waals surface area contributed by atoms with Gasteiger partial charge in [-0.15, -0.1) is 0 Å². The molecule has 7 nitrogen and oxygen atoms in total. The van der Waals surface area contributed by atoms with Gasteiger partial charge in [-0.3, -0.25) is 9.78 Å². The Hall–Kier alpha value is -1.51. The number of carbonyl (C=O) groups is 1. The molecule has 3 N–H and O–H groups in total. The molecule has 2 rings (SSSR count). The average molecular weight is 326 g/mol. The van der Waals surface area contributed by atoms with Crippen LogP contribution in [0.5, 0.6) is 0 Å². The zero-order valence-electron chi connectivity index (χ0n) is 12.6. The Morgan fingerprint density at radius 2 is 2.32 bits per heavy atom. The number of nitrogens with one attached hydrogen (secondary N) is 1. The summed E-state index contributed by atoms with van der Waals surface area (Å²) in [6, 6.07) is 3.18. The van der Waals surface area contributed by atoms with Crippen molar-refractivity contribution in [1.29, 1.82) is 0 Å². The van der Waals surface area contributed by atoms with Crippen molar-refractivity contribution in [3.8, 4) is 0 Å². The standard InChI is InChI=1S/C14H22N4O3S/c1-11-7-12(8-15)10-18(11)14(19)4-6-17-22(20,21)13-3-2-5-16-9-13/h2-3,5,9,11-12,17H,4,6-8,10,15H2,1H3. The predicted molar refractivity (Wildman–Crippen MR) is 82.4 cm³/mol. The van der Waals surface area contributed by atoms with Crippen molar-refractivity contribution >= 4 is 15.9 Å². The molecule has 8 heteroatoms. The van der Waals surface area contributed by atoms with Gasteiger partial charge in [0.25, 0.3) is 0 Å². The van der Waals surface area contributed by atoms with Crippen LogP contribution >= 0.6 is 0 Å². The van der Waals surface area contributed by atoms with E-state index in [0.717, 1.165) is 6.42 Å². The highest BCUT2D eigenvalue weighted by Crippen LogP contribution is 2.22. The van der Waals surface area contributed by atoms with E-state index < -0.39 is 10.0 Å². The number of rotatable bonds is 6. The first-order valence-corrected chi connectivity index (χ1v) is 8.81. The molecule has 1 saturated heterocycles. The van der Waals surface area contributed by atoms with Crippen molar-refractivity contribution in [2.45, 2.75) is 30.7 Å². The van der Waals surface area contributed by atoms with Gasteiger partial charge >= 0.3 is 0 Å². The second kappa shape index (κ2) is 7.17. The lowest BCUT2D eigenvalue weighted by molar-refractivity contribution is -0.131. The summed E-state index contributed by atoms with van der Waals surface area (Å²) in [6.45, 7) is 3.30. The van der Waals surface area contributed by atoms with Crippen LogP contribution in [0.25, 0.3) is 0 Å². The molecule has 2 unspecified atom stereocenters.